The third-order valence-electron chi connectivity index (χ3n) is 3.12. The minimum absolute atomic E-state index is 0.247. The number of imidazole rings is 1. The molecule has 0 fully saturated rings. The van der Waals surface area contributed by atoms with E-state index in [0.717, 1.165) is 5.56 Å². The van der Waals surface area contributed by atoms with Crippen LogP contribution in [0, 0.1) is 5.82 Å². The summed E-state index contributed by atoms with van der Waals surface area (Å²) in [5.74, 6) is -1.45. The highest BCUT2D eigenvalue weighted by atomic mass is 35.5. The van der Waals surface area contributed by atoms with Gasteiger partial charge < -0.3 is 5.11 Å². The fourth-order valence-corrected chi connectivity index (χ4v) is 2.34. The monoisotopic (exact) mass is 304 g/mol. The Bertz CT molecular complexity index is 828. The van der Waals surface area contributed by atoms with Crippen molar-refractivity contribution in [1.29, 1.82) is 0 Å². The quantitative estimate of drug-likeness (QED) is 0.806. The summed E-state index contributed by atoms with van der Waals surface area (Å²) in [7, 11) is 0. The van der Waals surface area contributed by atoms with E-state index >= 15 is 0 Å². The minimum Gasteiger partial charge on any atom is -0.481 e. The Morgan fingerprint density at radius 1 is 1.24 bits per heavy atom. The summed E-state index contributed by atoms with van der Waals surface area (Å²) in [6.07, 6.45) is 0.989. The number of benzene rings is 1. The zero-order chi connectivity index (χ0) is 15.0. The van der Waals surface area contributed by atoms with Gasteiger partial charge in [-0.05, 0) is 24.3 Å². The lowest BCUT2D eigenvalue weighted by Gasteiger charge is -2.03. The van der Waals surface area contributed by atoms with E-state index in [1.807, 2.05) is 0 Å². The summed E-state index contributed by atoms with van der Waals surface area (Å²) in [5.41, 5.74) is 2.18. The molecule has 106 valence electrons. The van der Waals surface area contributed by atoms with Gasteiger partial charge in [0.1, 0.15) is 11.5 Å². The smallest absolute Gasteiger partial charge is 0.309 e. The van der Waals surface area contributed by atoms with Crippen LogP contribution in [0.25, 0.3) is 16.9 Å². The van der Waals surface area contributed by atoms with E-state index in [2.05, 4.69) is 4.98 Å². The maximum Gasteiger partial charge on any atom is 0.309 e. The molecule has 4 nitrogen and oxygen atoms in total. The fourth-order valence-electron chi connectivity index (χ4n) is 2.22. The van der Waals surface area contributed by atoms with Gasteiger partial charge in [-0.2, -0.15) is 0 Å². The van der Waals surface area contributed by atoms with Gasteiger partial charge in [0.2, 0.25) is 0 Å². The first-order valence-electron chi connectivity index (χ1n) is 6.19. The van der Waals surface area contributed by atoms with E-state index in [1.165, 1.54) is 22.7 Å². The van der Waals surface area contributed by atoms with Crippen molar-refractivity contribution in [2.24, 2.45) is 0 Å². The highest BCUT2D eigenvalue weighted by molar-refractivity contribution is 6.30. The van der Waals surface area contributed by atoms with Crippen LogP contribution >= 0.6 is 11.6 Å². The van der Waals surface area contributed by atoms with E-state index in [0.29, 0.717) is 22.1 Å². The van der Waals surface area contributed by atoms with E-state index in [4.69, 9.17) is 16.7 Å². The highest BCUT2D eigenvalue weighted by Gasteiger charge is 2.17. The lowest BCUT2D eigenvalue weighted by Crippen LogP contribution is -2.05. The predicted octanol–water partition coefficient (Wildman–Crippen LogP) is 3.42. The molecule has 1 N–H and O–H groups in total. The Kier molecular flexibility index (Phi) is 3.35. The van der Waals surface area contributed by atoms with Crippen molar-refractivity contribution < 1.29 is 14.3 Å². The standard InChI is InChI=1S/C15H10ClFN2O2/c16-10-3-1-9(2-4-10)15-12(7-14(20)21)19-8-11(17)5-6-13(19)18-15/h1-6,8H,7H2,(H,20,21). The second kappa shape index (κ2) is 5.18. The molecule has 0 aliphatic rings. The number of aliphatic carboxylic acids is 1. The molecule has 0 saturated heterocycles. The molecule has 2 heterocycles. The van der Waals surface area contributed by atoms with Crippen molar-refractivity contribution in [1.82, 2.24) is 9.38 Å². The predicted molar refractivity (Wildman–Crippen MR) is 76.9 cm³/mol. The van der Waals surface area contributed by atoms with Crippen LogP contribution in [-0.2, 0) is 11.2 Å². The first-order valence-corrected chi connectivity index (χ1v) is 6.56. The van der Waals surface area contributed by atoms with Crippen molar-refractivity contribution in [3.8, 4) is 11.3 Å². The molecule has 3 rings (SSSR count). The van der Waals surface area contributed by atoms with Crippen LogP contribution in [0.1, 0.15) is 5.69 Å². The number of halogens is 2. The van der Waals surface area contributed by atoms with Gasteiger partial charge in [-0.25, -0.2) is 9.37 Å². The van der Waals surface area contributed by atoms with E-state index < -0.39 is 11.8 Å². The first-order chi connectivity index (χ1) is 10.0. The van der Waals surface area contributed by atoms with Crippen LogP contribution in [0.5, 0.6) is 0 Å². The number of hydrogen-bond acceptors (Lipinski definition) is 2. The van der Waals surface area contributed by atoms with Crippen LogP contribution in [-0.4, -0.2) is 20.5 Å². The number of carboxylic acid groups (broad SMARTS) is 1. The van der Waals surface area contributed by atoms with Crippen molar-refractivity contribution >= 4 is 23.2 Å². The minimum atomic E-state index is -1.00. The molecule has 0 atom stereocenters. The molecular formula is C15H10ClFN2O2. The summed E-state index contributed by atoms with van der Waals surface area (Å²) in [6.45, 7) is 0. The van der Waals surface area contributed by atoms with Gasteiger partial charge in [0.05, 0.1) is 17.8 Å². The molecule has 0 saturated carbocycles. The van der Waals surface area contributed by atoms with Crippen molar-refractivity contribution in [3.63, 3.8) is 0 Å². The summed E-state index contributed by atoms with van der Waals surface area (Å²) < 4.78 is 14.9. The van der Waals surface area contributed by atoms with E-state index in [-0.39, 0.29) is 6.42 Å². The average Bonchev–Trinajstić information content (AvgIpc) is 2.77. The molecule has 3 aromatic rings. The maximum absolute atomic E-state index is 13.4. The number of hydrogen-bond donors (Lipinski definition) is 1. The zero-order valence-corrected chi connectivity index (χ0v) is 11.5. The van der Waals surface area contributed by atoms with Gasteiger partial charge in [0.25, 0.3) is 0 Å². The largest absolute Gasteiger partial charge is 0.481 e. The summed E-state index contributed by atoms with van der Waals surface area (Å²) in [4.78, 5) is 15.5. The van der Waals surface area contributed by atoms with Gasteiger partial charge in [-0.3, -0.25) is 9.20 Å². The first kappa shape index (κ1) is 13.6. The molecular weight excluding hydrogens is 295 g/mol. The number of rotatable bonds is 3. The molecule has 0 spiro atoms. The molecule has 1 aromatic carbocycles. The molecule has 0 aliphatic carbocycles. The Morgan fingerprint density at radius 3 is 2.62 bits per heavy atom. The Labute approximate surface area is 124 Å². The fraction of sp³-hybridized carbons (Fsp3) is 0.0667. The summed E-state index contributed by atoms with van der Waals surface area (Å²) in [6, 6.07) is 9.72. The number of pyridine rings is 1. The Morgan fingerprint density at radius 2 is 1.95 bits per heavy atom. The summed E-state index contributed by atoms with van der Waals surface area (Å²) in [5, 5.41) is 9.65. The van der Waals surface area contributed by atoms with Crippen LogP contribution < -0.4 is 0 Å². The second-order valence-electron chi connectivity index (χ2n) is 4.56. The molecule has 0 unspecified atom stereocenters. The van der Waals surface area contributed by atoms with Crippen molar-refractivity contribution in [3.05, 3.63) is 59.1 Å². The third-order valence-corrected chi connectivity index (χ3v) is 3.37. The van der Waals surface area contributed by atoms with Crippen molar-refractivity contribution in [2.45, 2.75) is 6.42 Å². The van der Waals surface area contributed by atoms with Crippen molar-refractivity contribution in [2.75, 3.05) is 0 Å². The normalized spacial score (nSPS) is 11.0. The lowest BCUT2D eigenvalue weighted by atomic mass is 10.1. The van der Waals surface area contributed by atoms with Gasteiger partial charge in [0, 0.05) is 16.8 Å². The van der Waals surface area contributed by atoms with Gasteiger partial charge in [0.15, 0.2) is 0 Å². The third kappa shape index (κ3) is 2.60. The zero-order valence-electron chi connectivity index (χ0n) is 10.8. The molecule has 0 radical (unpaired) electrons. The van der Waals surface area contributed by atoms with Crippen LogP contribution in [0.4, 0.5) is 4.39 Å². The van der Waals surface area contributed by atoms with Crippen LogP contribution in [0.15, 0.2) is 42.6 Å². The lowest BCUT2D eigenvalue weighted by molar-refractivity contribution is -0.136. The highest BCUT2D eigenvalue weighted by Crippen LogP contribution is 2.26. The SMILES string of the molecule is O=C(O)Cc1c(-c2ccc(Cl)cc2)nc2ccc(F)cn12. The molecule has 6 heteroatoms. The Hall–Kier alpha value is -2.40. The second-order valence-corrected chi connectivity index (χ2v) is 5.00. The number of carbonyl (C=O) groups is 1. The average molecular weight is 305 g/mol. The van der Waals surface area contributed by atoms with Crippen LogP contribution in [0.2, 0.25) is 5.02 Å². The van der Waals surface area contributed by atoms with Crippen LogP contribution in [0.3, 0.4) is 0 Å². The number of aromatic nitrogens is 2. The van der Waals surface area contributed by atoms with Gasteiger partial charge >= 0.3 is 5.97 Å². The molecule has 0 aliphatic heterocycles. The van der Waals surface area contributed by atoms with E-state index in [9.17, 15) is 9.18 Å². The summed E-state index contributed by atoms with van der Waals surface area (Å²) >= 11 is 5.85. The molecule has 2 aromatic heterocycles. The van der Waals surface area contributed by atoms with Gasteiger partial charge in [-0.1, -0.05) is 23.7 Å². The molecule has 21 heavy (non-hydrogen) atoms. The Balaban J connectivity index is 2.25. The number of carboxylic acids is 1. The molecule has 0 bridgehead atoms. The van der Waals surface area contributed by atoms with Gasteiger partial charge in [-0.15, -0.1) is 0 Å². The topological polar surface area (TPSA) is 54.6 Å². The number of fused-ring (bicyclic) bond motifs is 1. The molecule has 0 amide bonds. The van der Waals surface area contributed by atoms with E-state index in [1.54, 1.807) is 24.3 Å². The maximum atomic E-state index is 13.4. The number of nitrogens with zero attached hydrogens (tertiary/aromatic N) is 2.